The first-order valence-corrected chi connectivity index (χ1v) is 21.9. The quantitative estimate of drug-likeness (QED) is 0.0482. The molecule has 1 aliphatic heterocycles. The lowest BCUT2D eigenvalue weighted by Crippen LogP contribution is -2.52. The van der Waals surface area contributed by atoms with Gasteiger partial charge >= 0.3 is 18.2 Å². The van der Waals surface area contributed by atoms with Crippen molar-refractivity contribution < 1.29 is 58.0 Å². The lowest BCUT2D eigenvalue weighted by molar-refractivity contribution is -0.142. The Bertz CT molecular complexity index is 2480. The van der Waals surface area contributed by atoms with Crippen LogP contribution in [-0.2, 0) is 35.1 Å². The maximum absolute atomic E-state index is 14.8. The third-order valence-corrected chi connectivity index (χ3v) is 10.5. The SMILES string of the molecule is CN(C(=O)[C@H](CCCCNC(=O)OC(C)(C)C)NC(=O)c1ccc(-c2ccc(Cl)cc2)cc1)C1C(=O)NCC(=O)N[C@H](C(=O)O)Cc2ccc(O)c(c2)-c2cc1ccc2OC(=O)OC(C)(C)C. The summed E-state index contributed by atoms with van der Waals surface area (Å²) < 4.78 is 16.3. The number of aliphatic carboxylic acids is 1. The molecule has 17 nitrogen and oxygen atoms in total. The van der Waals surface area contributed by atoms with Crippen molar-refractivity contribution in [2.45, 2.75) is 96.6 Å². The largest absolute Gasteiger partial charge is 0.514 e. The van der Waals surface area contributed by atoms with E-state index in [4.69, 9.17) is 25.8 Å². The number of carboxylic acids is 1. The second-order valence-electron chi connectivity index (χ2n) is 17.9. The van der Waals surface area contributed by atoms with Gasteiger partial charge in [-0.15, -0.1) is 0 Å². The van der Waals surface area contributed by atoms with Crippen LogP contribution in [0.4, 0.5) is 9.59 Å². The monoisotopic (exact) mass is 941 g/mol. The Morgan fingerprint density at radius 2 is 1.48 bits per heavy atom. The molecule has 1 heterocycles. The predicted octanol–water partition coefficient (Wildman–Crippen LogP) is 6.93. The van der Waals surface area contributed by atoms with Gasteiger partial charge in [0.2, 0.25) is 17.7 Å². The van der Waals surface area contributed by atoms with Crippen molar-refractivity contribution in [2.75, 3.05) is 20.1 Å². The molecular weight excluding hydrogens is 886 g/mol. The zero-order valence-electron chi connectivity index (χ0n) is 38.4. The van der Waals surface area contributed by atoms with Crippen molar-refractivity contribution in [1.82, 2.24) is 26.2 Å². The molecular formula is C49H56ClN5O12. The summed E-state index contributed by atoms with van der Waals surface area (Å²) >= 11 is 6.06. The Hall–Kier alpha value is -7.14. The molecule has 4 aromatic carbocycles. The van der Waals surface area contributed by atoms with Gasteiger partial charge in [-0.3, -0.25) is 19.2 Å². The summed E-state index contributed by atoms with van der Waals surface area (Å²) in [7, 11) is 1.34. The number of ether oxygens (including phenoxy) is 3. The van der Waals surface area contributed by atoms with E-state index in [0.29, 0.717) is 23.4 Å². The van der Waals surface area contributed by atoms with E-state index in [1.807, 2.05) is 12.1 Å². The number of nitrogens with zero attached hydrogens (tertiary/aromatic N) is 1. The normalized spacial score (nSPS) is 15.6. The molecule has 0 fully saturated rings. The van der Waals surface area contributed by atoms with Crippen molar-refractivity contribution >= 4 is 53.4 Å². The van der Waals surface area contributed by atoms with E-state index in [-0.39, 0.29) is 53.1 Å². The number of aromatic hydroxyl groups is 1. The molecule has 67 heavy (non-hydrogen) atoms. The Balaban J connectivity index is 1.53. The van der Waals surface area contributed by atoms with Gasteiger partial charge in [0.25, 0.3) is 5.91 Å². The van der Waals surface area contributed by atoms with Gasteiger partial charge in [0.1, 0.15) is 40.8 Å². The maximum Gasteiger partial charge on any atom is 0.514 e. The van der Waals surface area contributed by atoms with Gasteiger partial charge in [-0.25, -0.2) is 14.4 Å². The van der Waals surface area contributed by atoms with E-state index in [2.05, 4.69) is 21.3 Å². The van der Waals surface area contributed by atoms with Gasteiger partial charge in [-0.05, 0) is 132 Å². The predicted molar refractivity (Wildman–Crippen MR) is 248 cm³/mol. The van der Waals surface area contributed by atoms with Gasteiger partial charge in [0.05, 0.1) is 6.54 Å². The Labute approximate surface area is 393 Å². The van der Waals surface area contributed by atoms with Gasteiger partial charge in [-0.1, -0.05) is 48.0 Å². The molecule has 18 heteroatoms. The van der Waals surface area contributed by atoms with Gasteiger partial charge in [-0.2, -0.15) is 0 Å². The number of benzene rings is 4. The minimum absolute atomic E-state index is 0.0513. The number of carbonyl (C=O) groups excluding carboxylic acids is 6. The highest BCUT2D eigenvalue weighted by atomic mass is 35.5. The second kappa shape index (κ2) is 21.9. The van der Waals surface area contributed by atoms with Crippen LogP contribution in [0.5, 0.6) is 11.5 Å². The minimum Gasteiger partial charge on any atom is -0.507 e. The van der Waals surface area contributed by atoms with Gasteiger partial charge in [0, 0.05) is 41.7 Å². The zero-order chi connectivity index (χ0) is 49.2. The molecule has 0 spiro atoms. The topological polar surface area (TPSA) is 239 Å². The first kappa shape index (κ1) is 50.9. The highest BCUT2D eigenvalue weighted by molar-refractivity contribution is 6.30. The number of rotatable bonds is 12. The Kier molecular flexibility index (Phi) is 16.6. The summed E-state index contributed by atoms with van der Waals surface area (Å²) in [6.07, 6.45) is -1.19. The fourth-order valence-electron chi connectivity index (χ4n) is 7.11. The molecule has 4 bridgehead atoms. The van der Waals surface area contributed by atoms with Gasteiger partial charge in [0.15, 0.2) is 0 Å². The fourth-order valence-corrected chi connectivity index (χ4v) is 7.23. The van der Waals surface area contributed by atoms with E-state index < -0.39 is 77.7 Å². The number of hydrogen-bond donors (Lipinski definition) is 6. The van der Waals surface area contributed by atoms with Crippen LogP contribution in [0, 0.1) is 0 Å². The Morgan fingerprint density at radius 3 is 2.10 bits per heavy atom. The highest BCUT2D eigenvalue weighted by Gasteiger charge is 2.35. The summed E-state index contributed by atoms with van der Waals surface area (Å²) in [6, 6.07) is 18.1. The molecule has 3 atom stereocenters. The third-order valence-electron chi connectivity index (χ3n) is 10.2. The lowest BCUT2D eigenvalue weighted by atomic mass is 9.93. The average Bonchev–Trinajstić information content (AvgIpc) is 3.24. The summed E-state index contributed by atoms with van der Waals surface area (Å²) in [6.45, 7) is 9.63. The molecule has 356 valence electrons. The van der Waals surface area contributed by atoms with E-state index in [1.165, 1.54) is 43.4 Å². The molecule has 0 saturated heterocycles. The first-order valence-electron chi connectivity index (χ1n) is 21.6. The number of fused-ring (bicyclic) bond motifs is 5. The van der Waals surface area contributed by atoms with Crippen molar-refractivity contribution in [3.63, 3.8) is 0 Å². The highest BCUT2D eigenvalue weighted by Crippen LogP contribution is 2.40. The van der Waals surface area contributed by atoms with Crippen LogP contribution in [0.3, 0.4) is 0 Å². The summed E-state index contributed by atoms with van der Waals surface area (Å²) in [4.78, 5) is 94.9. The van der Waals surface area contributed by atoms with Crippen LogP contribution in [0.2, 0.25) is 5.02 Å². The van der Waals surface area contributed by atoms with Crippen LogP contribution in [0.15, 0.2) is 84.9 Å². The standard InChI is InChI=1S/C49H56ClN5O12/c1-48(2,3)66-46(63)51-23-9-8-10-36(54-42(58)31-14-12-29(13-15-31)30-16-19-33(50)20-17-30)44(60)55(7)41-32-18-22-39(65-47(64)67-49(4,5)6)35(26-32)34-24-28(11-21-38(34)56)25-37(45(61)62)53-40(57)27-52-43(41)59/h11-22,24,26,36-37,41,56H,8-10,23,25,27H2,1-7H3,(H,51,63)(H,52,59)(H,53,57)(H,54,58)(H,61,62)/t36-,37-,41?/m0/s1. The van der Waals surface area contributed by atoms with Crippen molar-refractivity contribution in [2.24, 2.45) is 0 Å². The minimum atomic E-state index is -1.54. The second-order valence-corrected chi connectivity index (χ2v) is 18.4. The fraction of sp³-hybridized carbons (Fsp3) is 0.367. The molecule has 4 aromatic rings. The number of likely N-dealkylation sites (N-methyl/N-ethyl adjacent to an activating group) is 1. The van der Waals surface area contributed by atoms with Crippen molar-refractivity contribution in [1.29, 1.82) is 0 Å². The van der Waals surface area contributed by atoms with Crippen molar-refractivity contribution in [3.8, 4) is 33.8 Å². The summed E-state index contributed by atoms with van der Waals surface area (Å²) in [5, 5.41) is 32.2. The van der Waals surface area contributed by atoms with Crippen LogP contribution in [-0.4, -0.2) is 100 Å². The number of phenols is 1. The molecule has 6 N–H and O–H groups in total. The van der Waals surface area contributed by atoms with Crippen LogP contribution in [0.1, 0.15) is 88.3 Å². The number of alkyl carbamates (subject to hydrolysis) is 1. The van der Waals surface area contributed by atoms with E-state index in [9.17, 15) is 43.8 Å². The average molecular weight is 942 g/mol. The van der Waals surface area contributed by atoms with E-state index >= 15 is 0 Å². The number of carboxylic acid groups (broad SMARTS) is 1. The summed E-state index contributed by atoms with van der Waals surface area (Å²) in [5.74, 6) is -4.81. The number of phenolic OH excluding ortho intramolecular Hbond substituents is 1. The number of nitrogens with one attached hydrogen (secondary N) is 4. The molecule has 5 rings (SSSR count). The Morgan fingerprint density at radius 1 is 0.836 bits per heavy atom. The number of carbonyl (C=O) groups is 7. The molecule has 5 amide bonds. The van der Waals surface area contributed by atoms with Crippen LogP contribution >= 0.6 is 11.6 Å². The molecule has 1 unspecified atom stereocenters. The smallest absolute Gasteiger partial charge is 0.507 e. The number of unbranched alkanes of at least 4 members (excludes halogenated alkanes) is 1. The molecule has 0 saturated carbocycles. The molecule has 0 aromatic heterocycles. The lowest BCUT2D eigenvalue weighted by Gasteiger charge is -2.32. The first-order chi connectivity index (χ1) is 31.5. The zero-order valence-corrected chi connectivity index (χ0v) is 39.1. The molecule has 1 aliphatic rings. The van der Waals surface area contributed by atoms with Crippen molar-refractivity contribution in [3.05, 3.63) is 107 Å². The molecule has 0 aliphatic carbocycles. The van der Waals surface area contributed by atoms with E-state index in [1.54, 1.807) is 77.9 Å². The van der Waals surface area contributed by atoms with Gasteiger partial charge < -0.3 is 50.6 Å². The summed E-state index contributed by atoms with van der Waals surface area (Å²) in [5.41, 5.74) is 0.880. The maximum atomic E-state index is 14.8. The van der Waals surface area contributed by atoms with Crippen LogP contribution < -0.4 is 26.0 Å². The van der Waals surface area contributed by atoms with E-state index in [0.717, 1.165) is 16.0 Å². The third kappa shape index (κ3) is 14.7. The van der Waals surface area contributed by atoms with Crippen LogP contribution in [0.25, 0.3) is 22.3 Å². The number of hydrogen-bond acceptors (Lipinski definition) is 11. The number of amides is 5. The molecule has 0 radical (unpaired) electrons. The number of halogens is 1.